The van der Waals surface area contributed by atoms with Crippen molar-refractivity contribution in [1.82, 2.24) is 0 Å². The third kappa shape index (κ3) is 3.94. The van der Waals surface area contributed by atoms with Gasteiger partial charge in [-0.2, -0.15) is 0 Å². The predicted octanol–water partition coefficient (Wildman–Crippen LogP) is 3.05. The molecule has 0 bridgehead atoms. The molecule has 0 unspecified atom stereocenters. The first-order valence-electron chi connectivity index (χ1n) is 6.11. The summed E-state index contributed by atoms with van der Waals surface area (Å²) in [5.74, 6) is 2.18. The first-order valence-corrected chi connectivity index (χ1v) is 6.11. The number of rotatable bonds is 4. The van der Waals surface area contributed by atoms with E-state index in [-0.39, 0.29) is 5.78 Å². The number of ketones is 1. The summed E-state index contributed by atoms with van der Waals surface area (Å²) in [4.78, 5) is 10.9. The van der Waals surface area contributed by atoms with E-state index in [0.717, 1.165) is 12.3 Å². The molecule has 0 radical (unpaired) electrons. The molecule has 88 valence electrons. The van der Waals surface area contributed by atoms with Gasteiger partial charge in [-0.1, -0.05) is 27.2 Å². The summed E-state index contributed by atoms with van der Waals surface area (Å²) >= 11 is 0. The molecule has 0 heterocycles. The van der Waals surface area contributed by atoms with Gasteiger partial charge in [-0.3, -0.25) is 4.79 Å². The monoisotopic (exact) mass is 212 g/mol. The molecule has 0 N–H and O–H groups in total. The fourth-order valence-corrected chi connectivity index (χ4v) is 2.53. The number of Topliss-reactive ketones (excluding diaryl/α,β-unsaturated/α-hetero) is 1. The van der Waals surface area contributed by atoms with E-state index in [0.29, 0.717) is 24.5 Å². The van der Waals surface area contributed by atoms with E-state index in [2.05, 4.69) is 20.8 Å². The van der Waals surface area contributed by atoms with Crippen LogP contribution in [0.4, 0.5) is 0 Å². The molecule has 0 amide bonds. The Bertz CT molecular complexity index is 211. The topological polar surface area (TPSA) is 26.3 Å². The Hall–Kier alpha value is -0.370. The molecule has 2 nitrogen and oxygen atoms in total. The number of ether oxygens (including phenoxy) is 1. The minimum absolute atomic E-state index is 0.135. The summed E-state index contributed by atoms with van der Waals surface area (Å²) in [6.07, 6.45) is 3.98. The third-order valence-corrected chi connectivity index (χ3v) is 3.46. The van der Waals surface area contributed by atoms with Crippen LogP contribution in [0, 0.1) is 17.8 Å². The van der Waals surface area contributed by atoms with Crippen molar-refractivity contribution in [2.75, 3.05) is 6.61 Å². The van der Waals surface area contributed by atoms with Gasteiger partial charge >= 0.3 is 0 Å². The Morgan fingerprint density at radius 1 is 1.40 bits per heavy atom. The zero-order valence-corrected chi connectivity index (χ0v) is 10.5. The molecule has 3 atom stereocenters. The maximum Gasteiger partial charge on any atom is 0.155 e. The first-order chi connectivity index (χ1) is 7.00. The normalized spacial score (nSPS) is 31.9. The SMILES string of the molecule is CC(=O)CO[C@@H]1C[C@H](C)CC[C@H]1C(C)C. The standard InChI is InChI=1S/C13H24O2/c1-9(2)12-6-5-10(3)7-13(12)15-8-11(4)14/h9-10,12-13H,5-8H2,1-4H3/t10-,12+,13-/m1/s1. The number of hydrogen-bond acceptors (Lipinski definition) is 2. The Balaban J connectivity index is 2.50. The van der Waals surface area contributed by atoms with Gasteiger partial charge in [-0.05, 0) is 37.5 Å². The lowest BCUT2D eigenvalue weighted by molar-refractivity contribution is -0.127. The van der Waals surface area contributed by atoms with Crippen LogP contribution in [0.25, 0.3) is 0 Å². The fraction of sp³-hybridized carbons (Fsp3) is 0.923. The van der Waals surface area contributed by atoms with Gasteiger partial charge in [-0.15, -0.1) is 0 Å². The second kappa shape index (κ2) is 5.64. The number of hydrogen-bond donors (Lipinski definition) is 0. The molecule has 0 aromatic carbocycles. The lowest BCUT2D eigenvalue weighted by Gasteiger charge is -2.36. The van der Waals surface area contributed by atoms with Crippen LogP contribution < -0.4 is 0 Å². The first kappa shape index (κ1) is 12.7. The summed E-state index contributed by atoms with van der Waals surface area (Å²) in [6, 6.07) is 0. The van der Waals surface area contributed by atoms with Gasteiger partial charge in [0.15, 0.2) is 5.78 Å². The van der Waals surface area contributed by atoms with E-state index in [1.165, 1.54) is 12.8 Å². The van der Waals surface area contributed by atoms with Gasteiger partial charge in [0.2, 0.25) is 0 Å². The second-order valence-corrected chi connectivity index (χ2v) is 5.38. The van der Waals surface area contributed by atoms with Gasteiger partial charge in [0, 0.05) is 0 Å². The number of carbonyl (C=O) groups is 1. The van der Waals surface area contributed by atoms with Crippen LogP contribution in [-0.4, -0.2) is 18.5 Å². The van der Waals surface area contributed by atoms with E-state index < -0.39 is 0 Å². The van der Waals surface area contributed by atoms with Crippen molar-refractivity contribution < 1.29 is 9.53 Å². The van der Waals surface area contributed by atoms with E-state index in [1.807, 2.05) is 0 Å². The largest absolute Gasteiger partial charge is 0.370 e. The van der Waals surface area contributed by atoms with Gasteiger partial charge in [0.1, 0.15) is 6.61 Å². The van der Waals surface area contributed by atoms with Crippen LogP contribution in [0.1, 0.15) is 47.0 Å². The maximum atomic E-state index is 10.9. The molecular formula is C13H24O2. The van der Waals surface area contributed by atoms with Crippen LogP contribution in [0.3, 0.4) is 0 Å². The second-order valence-electron chi connectivity index (χ2n) is 5.38. The summed E-state index contributed by atoms with van der Waals surface area (Å²) in [5, 5.41) is 0. The molecule has 0 aromatic rings. The average Bonchev–Trinajstić information content (AvgIpc) is 2.14. The van der Waals surface area contributed by atoms with Crippen molar-refractivity contribution in [3.05, 3.63) is 0 Å². The molecule has 1 saturated carbocycles. The van der Waals surface area contributed by atoms with Crippen LogP contribution in [0.5, 0.6) is 0 Å². The summed E-state index contributed by atoms with van der Waals surface area (Å²) in [5.41, 5.74) is 0. The molecule has 1 aliphatic rings. The molecule has 0 aliphatic heterocycles. The molecule has 1 fully saturated rings. The van der Waals surface area contributed by atoms with Crippen LogP contribution in [-0.2, 0) is 9.53 Å². The van der Waals surface area contributed by atoms with Crippen molar-refractivity contribution in [2.45, 2.75) is 53.1 Å². The highest BCUT2D eigenvalue weighted by Crippen LogP contribution is 2.35. The van der Waals surface area contributed by atoms with E-state index in [4.69, 9.17) is 4.74 Å². The summed E-state index contributed by atoms with van der Waals surface area (Å²) < 4.78 is 5.74. The van der Waals surface area contributed by atoms with Crippen molar-refractivity contribution in [1.29, 1.82) is 0 Å². The zero-order valence-electron chi connectivity index (χ0n) is 10.5. The molecule has 1 aliphatic carbocycles. The molecule has 15 heavy (non-hydrogen) atoms. The lowest BCUT2D eigenvalue weighted by Crippen LogP contribution is -2.35. The van der Waals surface area contributed by atoms with Crippen molar-refractivity contribution in [2.24, 2.45) is 17.8 Å². The van der Waals surface area contributed by atoms with E-state index >= 15 is 0 Å². The molecule has 0 spiro atoms. The predicted molar refractivity (Wildman–Crippen MR) is 61.8 cm³/mol. The smallest absolute Gasteiger partial charge is 0.155 e. The van der Waals surface area contributed by atoms with E-state index in [1.54, 1.807) is 6.92 Å². The van der Waals surface area contributed by atoms with Gasteiger partial charge in [0.05, 0.1) is 6.10 Å². The van der Waals surface area contributed by atoms with Crippen molar-refractivity contribution in [3.63, 3.8) is 0 Å². The highest BCUT2D eigenvalue weighted by Gasteiger charge is 2.31. The maximum absolute atomic E-state index is 10.9. The van der Waals surface area contributed by atoms with Gasteiger partial charge in [-0.25, -0.2) is 0 Å². The average molecular weight is 212 g/mol. The molecule has 0 saturated heterocycles. The third-order valence-electron chi connectivity index (χ3n) is 3.46. The molecular weight excluding hydrogens is 188 g/mol. The van der Waals surface area contributed by atoms with E-state index in [9.17, 15) is 4.79 Å². The summed E-state index contributed by atoms with van der Waals surface area (Å²) in [6.45, 7) is 8.67. The zero-order chi connectivity index (χ0) is 11.4. The van der Waals surface area contributed by atoms with Crippen molar-refractivity contribution in [3.8, 4) is 0 Å². The summed E-state index contributed by atoms with van der Waals surface area (Å²) in [7, 11) is 0. The minimum Gasteiger partial charge on any atom is -0.370 e. The van der Waals surface area contributed by atoms with Crippen molar-refractivity contribution >= 4 is 5.78 Å². The van der Waals surface area contributed by atoms with Gasteiger partial charge < -0.3 is 4.74 Å². The fourth-order valence-electron chi connectivity index (χ4n) is 2.53. The lowest BCUT2D eigenvalue weighted by atomic mass is 9.75. The van der Waals surface area contributed by atoms with Crippen LogP contribution in [0.2, 0.25) is 0 Å². The van der Waals surface area contributed by atoms with Crippen LogP contribution >= 0.6 is 0 Å². The molecule has 2 heteroatoms. The molecule has 1 rings (SSSR count). The van der Waals surface area contributed by atoms with Gasteiger partial charge in [0.25, 0.3) is 0 Å². The Kier molecular flexibility index (Phi) is 4.78. The highest BCUT2D eigenvalue weighted by molar-refractivity contribution is 5.76. The quantitative estimate of drug-likeness (QED) is 0.716. The minimum atomic E-state index is 0.135. The Morgan fingerprint density at radius 2 is 2.07 bits per heavy atom. The highest BCUT2D eigenvalue weighted by atomic mass is 16.5. The van der Waals surface area contributed by atoms with Crippen LogP contribution in [0.15, 0.2) is 0 Å². The number of carbonyl (C=O) groups excluding carboxylic acids is 1. The Morgan fingerprint density at radius 3 is 2.60 bits per heavy atom. The Labute approximate surface area is 93.4 Å². The molecule has 0 aromatic heterocycles.